The highest BCUT2D eigenvalue weighted by Crippen LogP contribution is 2.18. The lowest BCUT2D eigenvalue weighted by atomic mass is 10.1. The first-order chi connectivity index (χ1) is 9.06. The van der Waals surface area contributed by atoms with Crippen LogP contribution >= 0.6 is 11.6 Å². The Morgan fingerprint density at radius 2 is 2.21 bits per heavy atom. The van der Waals surface area contributed by atoms with Crippen LogP contribution in [0.15, 0.2) is 42.7 Å². The number of nitrogens with two attached hydrogens (primary N) is 1. The van der Waals surface area contributed by atoms with Crippen LogP contribution in [0.25, 0.3) is 0 Å². The standard InChI is InChI=1S/C14H14ClN3O/c1-9(10-3-2-4-17-8-10)18-14(19)11-5-12(15)7-13(16)6-11/h2-9H,16H2,1H3,(H,18,19). The minimum absolute atomic E-state index is 0.138. The predicted octanol–water partition coefficient (Wildman–Crippen LogP) is 2.81. The van der Waals surface area contributed by atoms with Crippen LogP contribution in [0.4, 0.5) is 5.69 Å². The van der Waals surface area contributed by atoms with Gasteiger partial charge in [-0.1, -0.05) is 17.7 Å². The molecule has 3 N–H and O–H groups in total. The van der Waals surface area contributed by atoms with Crippen LogP contribution in [0.2, 0.25) is 5.02 Å². The van der Waals surface area contributed by atoms with Crippen LogP contribution < -0.4 is 11.1 Å². The zero-order valence-corrected chi connectivity index (χ0v) is 11.2. The zero-order valence-electron chi connectivity index (χ0n) is 10.4. The van der Waals surface area contributed by atoms with Crippen LogP contribution in [0, 0.1) is 0 Å². The molecule has 5 heteroatoms. The van der Waals surface area contributed by atoms with Gasteiger partial charge in [0.05, 0.1) is 6.04 Å². The Hall–Kier alpha value is -2.07. The molecule has 0 spiro atoms. The molecule has 1 unspecified atom stereocenters. The quantitative estimate of drug-likeness (QED) is 0.847. The normalized spacial score (nSPS) is 11.9. The highest BCUT2D eigenvalue weighted by molar-refractivity contribution is 6.31. The molecule has 1 amide bonds. The summed E-state index contributed by atoms with van der Waals surface area (Å²) < 4.78 is 0. The summed E-state index contributed by atoms with van der Waals surface area (Å²) in [6.07, 6.45) is 3.41. The van der Waals surface area contributed by atoms with Crippen LogP contribution in [0.5, 0.6) is 0 Å². The van der Waals surface area contributed by atoms with Gasteiger partial charge in [0.2, 0.25) is 0 Å². The fraction of sp³-hybridized carbons (Fsp3) is 0.143. The van der Waals surface area contributed by atoms with Gasteiger partial charge in [-0.15, -0.1) is 0 Å². The number of benzene rings is 1. The monoisotopic (exact) mass is 275 g/mol. The molecule has 0 aliphatic carbocycles. The largest absolute Gasteiger partial charge is 0.399 e. The van der Waals surface area contributed by atoms with Gasteiger partial charge < -0.3 is 11.1 Å². The first kappa shape index (κ1) is 13.4. The molecule has 2 aromatic rings. The number of nitrogen functional groups attached to an aromatic ring is 1. The summed E-state index contributed by atoms with van der Waals surface area (Å²) in [4.78, 5) is 16.1. The summed E-state index contributed by atoms with van der Waals surface area (Å²) in [5.41, 5.74) is 7.51. The molecular formula is C14H14ClN3O. The van der Waals surface area contributed by atoms with Crippen molar-refractivity contribution in [2.45, 2.75) is 13.0 Å². The molecule has 19 heavy (non-hydrogen) atoms. The van der Waals surface area contributed by atoms with Gasteiger partial charge in [-0.2, -0.15) is 0 Å². The van der Waals surface area contributed by atoms with Crippen molar-refractivity contribution in [3.63, 3.8) is 0 Å². The van der Waals surface area contributed by atoms with Gasteiger partial charge in [0.1, 0.15) is 0 Å². The third-order valence-corrected chi connectivity index (χ3v) is 2.93. The maximum Gasteiger partial charge on any atom is 0.251 e. The SMILES string of the molecule is CC(NC(=O)c1cc(N)cc(Cl)c1)c1cccnc1. The Bertz CT molecular complexity index is 566. The molecule has 1 aromatic carbocycles. The lowest BCUT2D eigenvalue weighted by Crippen LogP contribution is -2.26. The fourth-order valence-corrected chi connectivity index (χ4v) is 1.98. The van der Waals surface area contributed by atoms with Crippen LogP contribution in [-0.2, 0) is 0 Å². The first-order valence-electron chi connectivity index (χ1n) is 5.83. The molecule has 0 fully saturated rings. The number of halogens is 1. The summed E-state index contributed by atoms with van der Waals surface area (Å²) in [7, 11) is 0. The number of nitrogens with zero attached hydrogens (tertiary/aromatic N) is 1. The molecular weight excluding hydrogens is 262 g/mol. The number of hydrogen-bond acceptors (Lipinski definition) is 3. The van der Waals surface area contributed by atoms with Gasteiger partial charge in [0.15, 0.2) is 0 Å². The van der Waals surface area contributed by atoms with E-state index in [-0.39, 0.29) is 11.9 Å². The molecule has 1 heterocycles. The van der Waals surface area contributed by atoms with E-state index in [1.54, 1.807) is 30.6 Å². The second kappa shape index (κ2) is 5.71. The van der Waals surface area contributed by atoms with Gasteiger partial charge in [0, 0.05) is 28.7 Å². The van der Waals surface area contributed by atoms with Crippen LogP contribution in [0.1, 0.15) is 28.9 Å². The molecule has 0 radical (unpaired) electrons. The second-order valence-electron chi connectivity index (χ2n) is 4.25. The topological polar surface area (TPSA) is 68.0 Å². The third kappa shape index (κ3) is 3.45. The average Bonchev–Trinajstić information content (AvgIpc) is 2.38. The summed E-state index contributed by atoms with van der Waals surface area (Å²) >= 11 is 5.88. The molecule has 4 nitrogen and oxygen atoms in total. The number of pyridine rings is 1. The number of nitrogens with one attached hydrogen (secondary N) is 1. The highest BCUT2D eigenvalue weighted by atomic mass is 35.5. The molecule has 0 aliphatic heterocycles. The lowest BCUT2D eigenvalue weighted by Gasteiger charge is -2.14. The highest BCUT2D eigenvalue weighted by Gasteiger charge is 2.12. The Morgan fingerprint density at radius 1 is 1.42 bits per heavy atom. The summed E-state index contributed by atoms with van der Waals surface area (Å²) in [5.74, 6) is -0.217. The summed E-state index contributed by atoms with van der Waals surface area (Å²) in [5, 5.41) is 3.32. The Labute approximate surface area is 116 Å². The van der Waals surface area contributed by atoms with Crippen molar-refractivity contribution in [2.75, 3.05) is 5.73 Å². The minimum atomic E-state index is -0.217. The average molecular weight is 276 g/mol. The van der Waals surface area contributed by atoms with Crippen molar-refractivity contribution >= 4 is 23.2 Å². The predicted molar refractivity (Wildman–Crippen MR) is 76.0 cm³/mol. The molecule has 0 saturated heterocycles. The first-order valence-corrected chi connectivity index (χ1v) is 6.21. The van der Waals surface area contributed by atoms with E-state index in [4.69, 9.17) is 17.3 Å². The zero-order chi connectivity index (χ0) is 13.8. The molecule has 0 bridgehead atoms. The van der Waals surface area contributed by atoms with Crippen molar-refractivity contribution in [1.29, 1.82) is 0 Å². The van der Waals surface area contributed by atoms with Crippen molar-refractivity contribution in [3.05, 3.63) is 58.9 Å². The number of hydrogen-bond donors (Lipinski definition) is 2. The van der Waals surface area contributed by atoms with Crippen LogP contribution in [-0.4, -0.2) is 10.9 Å². The van der Waals surface area contributed by atoms with E-state index in [0.717, 1.165) is 5.56 Å². The Kier molecular flexibility index (Phi) is 4.02. The third-order valence-electron chi connectivity index (χ3n) is 2.71. The number of anilines is 1. The molecule has 98 valence electrons. The van der Waals surface area contributed by atoms with E-state index in [1.165, 1.54) is 0 Å². The fourth-order valence-electron chi connectivity index (χ4n) is 1.74. The van der Waals surface area contributed by atoms with E-state index in [1.807, 2.05) is 19.1 Å². The van der Waals surface area contributed by atoms with Gasteiger partial charge in [-0.25, -0.2) is 0 Å². The molecule has 1 atom stereocenters. The van der Waals surface area contributed by atoms with Crippen LogP contribution in [0.3, 0.4) is 0 Å². The van der Waals surface area contributed by atoms with E-state index >= 15 is 0 Å². The molecule has 0 saturated carbocycles. The van der Waals surface area contributed by atoms with E-state index < -0.39 is 0 Å². The number of carbonyl (C=O) groups excluding carboxylic acids is 1. The summed E-state index contributed by atoms with van der Waals surface area (Å²) in [6.45, 7) is 1.89. The molecule has 0 aliphatic rings. The van der Waals surface area contributed by atoms with Gasteiger partial charge >= 0.3 is 0 Å². The van der Waals surface area contributed by atoms with E-state index in [9.17, 15) is 4.79 Å². The number of amides is 1. The Balaban J connectivity index is 2.13. The van der Waals surface area contributed by atoms with E-state index in [0.29, 0.717) is 16.3 Å². The van der Waals surface area contributed by atoms with Crippen molar-refractivity contribution < 1.29 is 4.79 Å². The van der Waals surface area contributed by atoms with Crippen molar-refractivity contribution in [3.8, 4) is 0 Å². The number of aromatic nitrogens is 1. The smallest absolute Gasteiger partial charge is 0.251 e. The van der Waals surface area contributed by atoms with Crippen molar-refractivity contribution in [1.82, 2.24) is 10.3 Å². The molecule has 2 rings (SSSR count). The molecule has 1 aromatic heterocycles. The number of rotatable bonds is 3. The summed E-state index contributed by atoms with van der Waals surface area (Å²) in [6, 6.07) is 8.38. The van der Waals surface area contributed by atoms with Crippen molar-refractivity contribution in [2.24, 2.45) is 0 Å². The number of carbonyl (C=O) groups is 1. The van der Waals surface area contributed by atoms with Gasteiger partial charge in [-0.05, 0) is 36.8 Å². The van der Waals surface area contributed by atoms with E-state index in [2.05, 4.69) is 10.3 Å². The minimum Gasteiger partial charge on any atom is -0.399 e. The maximum atomic E-state index is 12.1. The second-order valence-corrected chi connectivity index (χ2v) is 4.69. The van der Waals surface area contributed by atoms with Gasteiger partial charge in [0.25, 0.3) is 5.91 Å². The Morgan fingerprint density at radius 3 is 2.84 bits per heavy atom. The lowest BCUT2D eigenvalue weighted by molar-refractivity contribution is 0.0940. The van der Waals surface area contributed by atoms with Gasteiger partial charge in [-0.3, -0.25) is 9.78 Å². The maximum absolute atomic E-state index is 12.1.